The molecule has 1 amide bonds. The van der Waals surface area contributed by atoms with Crippen LogP contribution < -0.4 is 11.1 Å². The van der Waals surface area contributed by atoms with Crippen LogP contribution in [0.4, 0.5) is 5.82 Å². The van der Waals surface area contributed by atoms with Gasteiger partial charge < -0.3 is 20.7 Å². The molecule has 2 rings (SSSR count). The van der Waals surface area contributed by atoms with E-state index in [4.69, 9.17) is 15.4 Å². The molecule has 2 heterocycles. The molecule has 0 aliphatic rings. The van der Waals surface area contributed by atoms with Crippen LogP contribution in [0.3, 0.4) is 0 Å². The van der Waals surface area contributed by atoms with Crippen molar-refractivity contribution in [1.82, 2.24) is 9.78 Å². The Kier molecular flexibility index (Phi) is 3.00. The quantitative estimate of drug-likeness (QED) is 0.314. The Hall–Kier alpha value is -2.77. The van der Waals surface area contributed by atoms with Gasteiger partial charge in [-0.2, -0.15) is 5.10 Å². The first-order valence-corrected chi connectivity index (χ1v) is 4.97. The number of aromatic nitrogens is 2. The molecule has 0 saturated heterocycles. The molecule has 0 saturated carbocycles. The highest BCUT2D eigenvalue weighted by atomic mass is 16.4. The van der Waals surface area contributed by atoms with E-state index in [1.165, 1.54) is 29.5 Å². The van der Waals surface area contributed by atoms with Crippen LogP contribution in [0.2, 0.25) is 0 Å². The van der Waals surface area contributed by atoms with E-state index in [2.05, 4.69) is 15.6 Å². The largest absolute Gasteiger partial charge is 0.472 e. The zero-order chi connectivity index (χ0) is 13.1. The predicted octanol–water partition coefficient (Wildman–Crippen LogP) is 0.360. The maximum absolute atomic E-state index is 11.8. The van der Waals surface area contributed by atoms with Gasteiger partial charge >= 0.3 is 0 Å². The zero-order valence-corrected chi connectivity index (χ0v) is 9.49. The highest BCUT2D eigenvalue weighted by Crippen LogP contribution is 2.15. The average molecular weight is 249 g/mol. The Morgan fingerprint density at radius 1 is 1.67 bits per heavy atom. The molecule has 0 bridgehead atoms. The summed E-state index contributed by atoms with van der Waals surface area (Å²) >= 11 is 0. The smallest absolute Gasteiger partial charge is 0.260 e. The van der Waals surface area contributed by atoms with Gasteiger partial charge in [-0.1, -0.05) is 5.16 Å². The molecule has 2 aromatic rings. The van der Waals surface area contributed by atoms with Crippen molar-refractivity contribution in [3.63, 3.8) is 0 Å². The first kappa shape index (κ1) is 11.7. The number of anilines is 1. The van der Waals surface area contributed by atoms with Crippen LogP contribution in [0.15, 0.2) is 34.4 Å². The molecule has 0 aliphatic heterocycles. The van der Waals surface area contributed by atoms with Gasteiger partial charge in [0.05, 0.1) is 23.6 Å². The van der Waals surface area contributed by atoms with Gasteiger partial charge in [-0.05, 0) is 6.07 Å². The van der Waals surface area contributed by atoms with Crippen molar-refractivity contribution in [2.75, 3.05) is 5.32 Å². The number of oxime groups is 1. The molecule has 0 aliphatic carbocycles. The minimum Gasteiger partial charge on any atom is -0.472 e. The van der Waals surface area contributed by atoms with Gasteiger partial charge in [-0.3, -0.25) is 9.48 Å². The Morgan fingerprint density at radius 3 is 3.06 bits per heavy atom. The second-order valence-electron chi connectivity index (χ2n) is 3.48. The Labute approximate surface area is 102 Å². The molecule has 0 spiro atoms. The summed E-state index contributed by atoms with van der Waals surface area (Å²) in [5, 5.41) is 18.0. The monoisotopic (exact) mass is 249 g/mol. The fraction of sp³-hybridized carbons (Fsp3) is 0.100. The summed E-state index contributed by atoms with van der Waals surface area (Å²) in [6, 6.07) is 1.52. The molecule has 0 unspecified atom stereocenters. The lowest BCUT2D eigenvalue weighted by atomic mass is 10.2. The van der Waals surface area contributed by atoms with E-state index < -0.39 is 0 Å². The molecule has 18 heavy (non-hydrogen) atoms. The number of amidine groups is 1. The summed E-state index contributed by atoms with van der Waals surface area (Å²) < 4.78 is 6.22. The molecular weight excluding hydrogens is 238 g/mol. The highest BCUT2D eigenvalue weighted by molar-refractivity contribution is 6.08. The van der Waals surface area contributed by atoms with E-state index >= 15 is 0 Å². The summed E-state index contributed by atoms with van der Waals surface area (Å²) in [7, 11) is 1.62. The van der Waals surface area contributed by atoms with Crippen molar-refractivity contribution >= 4 is 17.6 Å². The van der Waals surface area contributed by atoms with Crippen molar-refractivity contribution in [3.05, 3.63) is 35.9 Å². The van der Waals surface area contributed by atoms with Gasteiger partial charge in [0.15, 0.2) is 5.84 Å². The second-order valence-corrected chi connectivity index (χ2v) is 3.48. The van der Waals surface area contributed by atoms with Crippen LogP contribution in [0, 0.1) is 0 Å². The lowest BCUT2D eigenvalue weighted by molar-refractivity contribution is 0.102. The molecule has 0 atom stereocenters. The van der Waals surface area contributed by atoms with E-state index in [9.17, 15) is 4.79 Å². The van der Waals surface area contributed by atoms with E-state index in [0.29, 0.717) is 16.9 Å². The van der Waals surface area contributed by atoms with Gasteiger partial charge in [0, 0.05) is 7.05 Å². The van der Waals surface area contributed by atoms with Crippen LogP contribution in [-0.4, -0.2) is 26.7 Å². The lowest BCUT2D eigenvalue weighted by Crippen LogP contribution is -2.19. The number of amides is 1. The maximum atomic E-state index is 11.8. The summed E-state index contributed by atoms with van der Waals surface area (Å²) in [5.74, 6) is -0.179. The third-order valence-corrected chi connectivity index (χ3v) is 2.34. The fourth-order valence-electron chi connectivity index (χ4n) is 1.40. The number of hydrogen-bond donors (Lipinski definition) is 3. The van der Waals surface area contributed by atoms with E-state index in [-0.39, 0.29) is 11.7 Å². The number of rotatable bonds is 3. The van der Waals surface area contributed by atoms with Crippen LogP contribution in [0.1, 0.15) is 15.9 Å². The Balaban J connectivity index is 2.29. The standard InChI is InChI=1S/C10H11N5O3/c1-15-9(7(4-12-15)8(11)14-17)13-10(16)6-2-3-18-5-6/h2-5,17H,1H3,(H2,11,14)(H,13,16). The van der Waals surface area contributed by atoms with E-state index in [1.54, 1.807) is 7.05 Å². The van der Waals surface area contributed by atoms with Gasteiger partial charge in [0.2, 0.25) is 0 Å². The lowest BCUT2D eigenvalue weighted by Gasteiger charge is -2.06. The Morgan fingerprint density at radius 2 is 2.44 bits per heavy atom. The molecule has 4 N–H and O–H groups in total. The summed E-state index contributed by atoms with van der Waals surface area (Å²) in [6.45, 7) is 0. The first-order valence-electron chi connectivity index (χ1n) is 4.97. The first-order chi connectivity index (χ1) is 8.63. The minimum atomic E-state index is -0.376. The number of nitrogens with two attached hydrogens (primary N) is 1. The average Bonchev–Trinajstić information content (AvgIpc) is 2.99. The molecule has 8 nitrogen and oxygen atoms in total. The number of carbonyl (C=O) groups excluding carboxylic acids is 1. The summed E-state index contributed by atoms with van der Waals surface area (Å²) in [5.41, 5.74) is 6.17. The number of aryl methyl sites for hydroxylation is 1. The van der Waals surface area contributed by atoms with Crippen LogP contribution in [0.25, 0.3) is 0 Å². The minimum absolute atomic E-state index is 0.134. The fourth-order valence-corrected chi connectivity index (χ4v) is 1.40. The SMILES string of the molecule is Cn1ncc(C(N)=NO)c1NC(=O)c1ccoc1. The molecule has 94 valence electrons. The van der Waals surface area contributed by atoms with Crippen LogP contribution >= 0.6 is 0 Å². The summed E-state index contributed by atoms with van der Waals surface area (Å²) in [6.07, 6.45) is 4.09. The number of furan rings is 1. The molecule has 0 fully saturated rings. The topological polar surface area (TPSA) is 119 Å². The molecular formula is C10H11N5O3. The van der Waals surface area contributed by atoms with Gasteiger partial charge in [0.1, 0.15) is 12.1 Å². The van der Waals surface area contributed by atoms with E-state index in [1.807, 2.05) is 0 Å². The molecule has 0 aromatic carbocycles. The highest BCUT2D eigenvalue weighted by Gasteiger charge is 2.16. The Bertz CT molecular complexity index is 585. The normalized spacial score (nSPS) is 11.5. The number of carbonyl (C=O) groups is 1. The third-order valence-electron chi connectivity index (χ3n) is 2.34. The van der Waals surface area contributed by atoms with Crippen molar-refractivity contribution in [2.24, 2.45) is 17.9 Å². The van der Waals surface area contributed by atoms with Gasteiger partial charge in [0.25, 0.3) is 5.91 Å². The number of nitrogens with one attached hydrogen (secondary N) is 1. The van der Waals surface area contributed by atoms with Crippen molar-refractivity contribution in [3.8, 4) is 0 Å². The molecule has 0 radical (unpaired) electrons. The number of hydrogen-bond acceptors (Lipinski definition) is 5. The van der Waals surface area contributed by atoms with Crippen LogP contribution in [0.5, 0.6) is 0 Å². The zero-order valence-electron chi connectivity index (χ0n) is 9.49. The molecule has 2 aromatic heterocycles. The second kappa shape index (κ2) is 4.62. The van der Waals surface area contributed by atoms with Crippen LogP contribution in [-0.2, 0) is 7.05 Å². The predicted molar refractivity (Wildman–Crippen MR) is 62.4 cm³/mol. The summed E-state index contributed by atoms with van der Waals surface area (Å²) in [4.78, 5) is 11.8. The van der Waals surface area contributed by atoms with Crippen molar-refractivity contribution in [2.45, 2.75) is 0 Å². The van der Waals surface area contributed by atoms with Gasteiger partial charge in [-0.25, -0.2) is 0 Å². The molecule has 8 heteroatoms. The third kappa shape index (κ3) is 2.03. The van der Waals surface area contributed by atoms with E-state index in [0.717, 1.165) is 0 Å². The van der Waals surface area contributed by atoms with Crippen molar-refractivity contribution < 1.29 is 14.4 Å². The van der Waals surface area contributed by atoms with Crippen molar-refractivity contribution in [1.29, 1.82) is 0 Å². The number of nitrogens with zero attached hydrogens (tertiary/aromatic N) is 3. The van der Waals surface area contributed by atoms with Gasteiger partial charge in [-0.15, -0.1) is 0 Å². The maximum Gasteiger partial charge on any atom is 0.260 e.